The van der Waals surface area contributed by atoms with Gasteiger partial charge in [-0.25, -0.2) is 0 Å². The molecule has 1 heterocycles. The average molecular weight is 443 g/mol. The number of fused-ring (bicyclic) bond motifs is 1. The molecule has 5 nitrogen and oxygen atoms in total. The first-order valence-corrected chi connectivity index (χ1v) is 11.3. The van der Waals surface area contributed by atoms with Gasteiger partial charge in [0.1, 0.15) is 11.5 Å². The maximum Gasteiger partial charge on any atom is 0.389 e. The molecule has 1 unspecified atom stereocenters. The number of halogens is 3. The zero-order valence-electron chi connectivity index (χ0n) is 16.6. The summed E-state index contributed by atoms with van der Waals surface area (Å²) in [4.78, 5) is 2.19. The number of hydrogen-bond donors (Lipinski definition) is 0. The highest BCUT2D eigenvalue weighted by Crippen LogP contribution is 2.36. The van der Waals surface area contributed by atoms with Gasteiger partial charge in [0, 0.05) is 31.1 Å². The van der Waals surface area contributed by atoms with E-state index < -0.39 is 34.9 Å². The summed E-state index contributed by atoms with van der Waals surface area (Å²) in [5.74, 6) is -0.286. The minimum Gasteiger partial charge on any atom is -0.471 e. The highest BCUT2D eigenvalue weighted by Gasteiger charge is 2.31. The van der Waals surface area contributed by atoms with Gasteiger partial charge >= 0.3 is 16.3 Å². The van der Waals surface area contributed by atoms with E-state index in [1.807, 2.05) is 18.2 Å². The van der Waals surface area contributed by atoms with E-state index in [1.165, 1.54) is 17.7 Å². The minimum atomic E-state index is -4.40. The van der Waals surface area contributed by atoms with Gasteiger partial charge in [-0.3, -0.25) is 4.90 Å². The molecule has 0 saturated heterocycles. The highest BCUT2D eigenvalue weighted by molar-refractivity contribution is 7.87. The van der Waals surface area contributed by atoms with Gasteiger partial charge in [-0.2, -0.15) is 21.6 Å². The van der Waals surface area contributed by atoms with Crippen LogP contribution in [0.25, 0.3) is 0 Å². The molecule has 0 fully saturated rings. The van der Waals surface area contributed by atoms with Gasteiger partial charge in [-0.15, -0.1) is 0 Å². The summed E-state index contributed by atoms with van der Waals surface area (Å²) in [6, 6.07) is 14.1. The van der Waals surface area contributed by atoms with Crippen LogP contribution in [0.2, 0.25) is 0 Å². The largest absolute Gasteiger partial charge is 0.471 e. The summed E-state index contributed by atoms with van der Waals surface area (Å²) in [6.07, 6.45) is -5.47. The summed E-state index contributed by atoms with van der Waals surface area (Å²) in [5, 5.41) is 0. The predicted molar refractivity (Wildman–Crippen MR) is 107 cm³/mol. The molecule has 0 radical (unpaired) electrons. The molecular weight excluding hydrogens is 419 g/mol. The molecule has 1 atom stereocenters. The highest BCUT2D eigenvalue weighted by atomic mass is 32.2. The Kier molecular flexibility index (Phi) is 6.92. The van der Waals surface area contributed by atoms with Crippen molar-refractivity contribution in [1.82, 2.24) is 4.90 Å². The van der Waals surface area contributed by atoms with Crippen molar-refractivity contribution in [3.8, 4) is 11.5 Å². The molecule has 0 spiro atoms. The van der Waals surface area contributed by atoms with E-state index in [2.05, 4.69) is 17.9 Å². The molecule has 3 rings (SSSR count). The summed E-state index contributed by atoms with van der Waals surface area (Å²) >= 11 is 0. The first-order valence-electron chi connectivity index (χ1n) is 9.74. The Balaban J connectivity index is 1.69. The number of nitrogens with zero attached hydrogens (tertiary/aromatic N) is 1. The summed E-state index contributed by atoms with van der Waals surface area (Å²) in [5.41, 5.74) is 2.23. The standard InChI is InChI=1S/C21H24F3NO4S/c1-2-12-25-15-16-7-3-4-10-19(16)20(25)28-17-8-5-9-18(14-17)29-30(26,27)13-6-11-21(22,23)24/h3-5,7-10,14,20H,2,6,11-13,15H2,1H3. The molecule has 164 valence electrons. The van der Waals surface area contributed by atoms with Crippen LogP contribution in [0.1, 0.15) is 43.5 Å². The van der Waals surface area contributed by atoms with Gasteiger partial charge in [-0.05, 0) is 30.5 Å². The third kappa shape index (κ3) is 6.12. The molecule has 30 heavy (non-hydrogen) atoms. The van der Waals surface area contributed by atoms with Gasteiger partial charge in [0.05, 0.1) is 5.75 Å². The summed E-state index contributed by atoms with van der Waals surface area (Å²) < 4.78 is 71.9. The monoisotopic (exact) mass is 443 g/mol. The first-order chi connectivity index (χ1) is 14.2. The molecule has 0 N–H and O–H groups in total. The molecule has 1 aliphatic rings. The molecule has 0 aromatic heterocycles. The topological polar surface area (TPSA) is 55.8 Å². The van der Waals surface area contributed by atoms with Gasteiger partial charge in [0.15, 0.2) is 6.23 Å². The normalized spacial score (nSPS) is 17.0. The van der Waals surface area contributed by atoms with E-state index >= 15 is 0 Å². The van der Waals surface area contributed by atoms with Crippen molar-refractivity contribution in [2.45, 2.75) is 45.1 Å². The van der Waals surface area contributed by atoms with Crippen LogP contribution in [-0.2, 0) is 16.7 Å². The lowest BCUT2D eigenvalue weighted by Gasteiger charge is -2.25. The number of ether oxygens (including phenoxy) is 1. The Morgan fingerprint density at radius 1 is 1.10 bits per heavy atom. The third-order valence-corrected chi connectivity index (χ3v) is 5.90. The zero-order valence-corrected chi connectivity index (χ0v) is 17.4. The molecular formula is C21H24F3NO4S. The second-order valence-electron chi connectivity index (χ2n) is 7.18. The zero-order chi connectivity index (χ0) is 21.8. The lowest BCUT2D eigenvalue weighted by atomic mass is 10.1. The quantitative estimate of drug-likeness (QED) is 0.508. The fourth-order valence-corrected chi connectivity index (χ4v) is 4.38. The van der Waals surface area contributed by atoms with Crippen molar-refractivity contribution in [2.75, 3.05) is 12.3 Å². The second kappa shape index (κ2) is 9.26. The van der Waals surface area contributed by atoms with Gasteiger partial charge in [-0.1, -0.05) is 37.3 Å². The van der Waals surface area contributed by atoms with E-state index in [-0.39, 0.29) is 12.0 Å². The maximum absolute atomic E-state index is 12.2. The van der Waals surface area contributed by atoms with Crippen molar-refractivity contribution in [3.63, 3.8) is 0 Å². The third-order valence-electron chi connectivity index (χ3n) is 4.67. The molecule has 0 bridgehead atoms. The molecule has 2 aromatic carbocycles. The Morgan fingerprint density at radius 3 is 2.57 bits per heavy atom. The van der Waals surface area contributed by atoms with Gasteiger partial charge in [0.25, 0.3) is 0 Å². The van der Waals surface area contributed by atoms with Crippen LogP contribution in [0.15, 0.2) is 48.5 Å². The van der Waals surface area contributed by atoms with Crippen molar-refractivity contribution in [3.05, 3.63) is 59.7 Å². The van der Waals surface area contributed by atoms with Crippen LogP contribution in [0.4, 0.5) is 13.2 Å². The Hall–Kier alpha value is -2.26. The SMILES string of the molecule is CCCN1Cc2ccccc2C1Oc1cccc(OS(=O)(=O)CCCC(F)(F)F)c1. The minimum absolute atomic E-state index is 0.00725. The van der Waals surface area contributed by atoms with Crippen LogP contribution in [0.3, 0.4) is 0 Å². The van der Waals surface area contributed by atoms with Crippen LogP contribution in [0.5, 0.6) is 11.5 Å². The molecule has 0 amide bonds. The predicted octanol–water partition coefficient (Wildman–Crippen LogP) is 5.04. The van der Waals surface area contributed by atoms with Crippen LogP contribution in [0, 0.1) is 0 Å². The van der Waals surface area contributed by atoms with Crippen molar-refractivity contribution in [1.29, 1.82) is 0 Å². The average Bonchev–Trinajstić information content (AvgIpc) is 2.98. The Morgan fingerprint density at radius 2 is 1.83 bits per heavy atom. The van der Waals surface area contributed by atoms with Crippen molar-refractivity contribution >= 4 is 10.1 Å². The fraction of sp³-hybridized carbons (Fsp3) is 0.429. The van der Waals surface area contributed by atoms with Crippen molar-refractivity contribution < 1.29 is 30.5 Å². The van der Waals surface area contributed by atoms with E-state index in [4.69, 9.17) is 8.92 Å². The lowest BCUT2D eigenvalue weighted by Crippen LogP contribution is -2.27. The fourth-order valence-electron chi connectivity index (χ4n) is 3.40. The number of hydrogen-bond acceptors (Lipinski definition) is 5. The first kappa shape index (κ1) is 22.4. The summed E-state index contributed by atoms with van der Waals surface area (Å²) in [7, 11) is -4.14. The maximum atomic E-state index is 12.2. The van der Waals surface area contributed by atoms with Gasteiger partial charge < -0.3 is 8.92 Å². The van der Waals surface area contributed by atoms with Gasteiger partial charge in [0.2, 0.25) is 0 Å². The van der Waals surface area contributed by atoms with E-state index in [0.717, 1.165) is 25.1 Å². The molecule has 1 aliphatic heterocycles. The van der Waals surface area contributed by atoms with E-state index in [0.29, 0.717) is 5.75 Å². The molecule has 2 aromatic rings. The van der Waals surface area contributed by atoms with E-state index in [1.54, 1.807) is 12.1 Å². The van der Waals surface area contributed by atoms with Crippen LogP contribution in [-0.4, -0.2) is 31.8 Å². The second-order valence-corrected chi connectivity index (χ2v) is 8.87. The number of benzene rings is 2. The molecule has 9 heteroatoms. The smallest absolute Gasteiger partial charge is 0.389 e. The molecule has 0 saturated carbocycles. The Labute approximate surface area is 174 Å². The van der Waals surface area contributed by atoms with Crippen molar-refractivity contribution in [2.24, 2.45) is 0 Å². The van der Waals surface area contributed by atoms with Crippen LogP contribution >= 0.6 is 0 Å². The molecule has 0 aliphatic carbocycles. The van der Waals surface area contributed by atoms with E-state index in [9.17, 15) is 21.6 Å². The number of alkyl halides is 3. The van der Waals surface area contributed by atoms with Crippen LogP contribution < -0.4 is 8.92 Å². The number of rotatable bonds is 9. The lowest BCUT2D eigenvalue weighted by molar-refractivity contribution is -0.134. The Bertz CT molecular complexity index is 963. The summed E-state index contributed by atoms with van der Waals surface area (Å²) in [6.45, 7) is 3.68.